The van der Waals surface area contributed by atoms with Crippen LogP contribution >= 0.6 is 0 Å². The van der Waals surface area contributed by atoms with E-state index in [0.717, 1.165) is 18.1 Å². The normalized spacial score (nSPS) is 26.3. The summed E-state index contributed by atoms with van der Waals surface area (Å²) < 4.78 is 46.4. The largest absolute Gasteiger partial charge is 0.480 e. The molecule has 1 saturated heterocycles. The number of anilines is 1. The molecular formula is C23H25F3N2O3. The predicted molar refractivity (Wildman–Crippen MR) is 110 cm³/mol. The lowest BCUT2D eigenvalue weighted by Gasteiger charge is -2.46. The fourth-order valence-electron chi connectivity index (χ4n) is 4.47. The van der Waals surface area contributed by atoms with E-state index in [1.54, 1.807) is 6.92 Å². The SMILES string of the molecule is CC(NC[C@H]1CC[C@@H]2[C@H](O1)c1cc(C(F)(F)F)ccc1N[C@H]2c1ccccc1)C(=O)O. The average molecular weight is 434 g/mol. The monoisotopic (exact) mass is 434 g/mol. The van der Waals surface area contributed by atoms with Crippen LogP contribution in [-0.4, -0.2) is 29.8 Å². The summed E-state index contributed by atoms with van der Waals surface area (Å²) in [6.07, 6.45) is -3.78. The first-order valence-electron chi connectivity index (χ1n) is 10.4. The summed E-state index contributed by atoms with van der Waals surface area (Å²) in [6, 6.07) is 12.8. The van der Waals surface area contributed by atoms with E-state index in [0.29, 0.717) is 24.2 Å². The maximum absolute atomic E-state index is 13.4. The molecule has 2 aliphatic rings. The number of rotatable bonds is 5. The van der Waals surface area contributed by atoms with Crippen molar-refractivity contribution in [2.75, 3.05) is 11.9 Å². The van der Waals surface area contributed by atoms with Crippen molar-refractivity contribution >= 4 is 11.7 Å². The molecule has 4 rings (SSSR count). The number of ether oxygens (including phenoxy) is 1. The Labute approximate surface area is 178 Å². The molecule has 2 aromatic rings. The molecule has 0 radical (unpaired) electrons. The third-order valence-corrected chi connectivity index (χ3v) is 6.16. The van der Waals surface area contributed by atoms with Gasteiger partial charge in [0.05, 0.1) is 23.8 Å². The van der Waals surface area contributed by atoms with Gasteiger partial charge in [0.2, 0.25) is 0 Å². The number of carboxylic acid groups (broad SMARTS) is 1. The topological polar surface area (TPSA) is 70.6 Å². The predicted octanol–water partition coefficient (Wildman–Crippen LogP) is 4.77. The number of alkyl halides is 3. The first-order valence-corrected chi connectivity index (χ1v) is 10.4. The second-order valence-electron chi connectivity index (χ2n) is 8.22. The lowest BCUT2D eigenvalue weighted by atomic mass is 9.76. The van der Waals surface area contributed by atoms with Crippen LogP contribution in [0, 0.1) is 5.92 Å². The van der Waals surface area contributed by atoms with E-state index in [-0.39, 0.29) is 18.1 Å². The van der Waals surface area contributed by atoms with Crippen molar-refractivity contribution in [3.8, 4) is 0 Å². The summed E-state index contributed by atoms with van der Waals surface area (Å²) in [5.41, 5.74) is 1.50. The number of hydrogen-bond acceptors (Lipinski definition) is 4. The van der Waals surface area contributed by atoms with Crippen molar-refractivity contribution in [2.24, 2.45) is 5.92 Å². The smallest absolute Gasteiger partial charge is 0.416 e. The molecule has 166 valence electrons. The van der Waals surface area contributed by atoms with Gasteiger partial charge in [-0.1, -0.05) is 30.3 Å². The van der Waals surface area contributed by atoms with E-state index in [4.69, 9.17) is 9.84 Å². The number of aliphatic carboxylic acids is 1. The number of carboxylic acids is 1. The van der Waals surface area contributed by atoms with Gasteiger partial charge in [-0.3, -0.25) is 4.79 Å². The van der Waals surface area contributed by atoms with Crippen molar-refractivity contribution in [3.63, 3.8) is 0 Å². The molecular weight excluding hydrogens is 409 g/mol. The Morgan fingerprint density at radius 3 is 2.65 bits per heavy atom. The summed E-state index contributed by atoms with van der Waals surface area (Å²) in [5.74, 6) is -0.994. The van der Waals surface area contributed by atoms with Gasteiger partial charge in [0.25, 0.3) is 0 Å². The molecule has 0 bridgehead atoms. The summed E-state index contributed by atoms with van der Waals surface area (Å²) in [4.78, 5) is 11.1. The van der Waals surface area contributed by atoms with Gasteiger partial charge in [-0.15, -0.1) is 0 Å². The van der Waals surface area contributed by atoms with E-state index in [2.05, 4.69) is 10.6 Å². The highest BCUT2D eigenvalue weighted by Crippen LogP contribution is 2.51. The minimum absolute atomic E-state index is 0.0356. The third kappa shape index (κ3) is 4.55. The zero-order chi connectivity index (χ0) is 22.2. The Kier molecular flexibility index (Phi) is 5.94. The highest BCUT2D eigenvalue weighted by Gasteiger charge is 2.43. The highest BCUT2D eigenvalue weighted by atomic mass is 19.4. The quantitative estimate of drug-likeness (QED) is 0.632. The Morgan fingerprint density at radius 1 is 1.23 bits per heavy atom. The number of carbonyl (C=O) groups is 1. The molecule has 5 nitrogen and oxygen atoms in total. The zero-order valence-corrected chi connectivity index (χ0v) is 17.0. The second kappa shape index (κ2) is 8.51. The van der Waals surface area contributed by atoms with Crippen LogP contribution in [0.1, 0.15) is 48.6 Å². The van der Waals surface area contributed by atoms with E-state index >= 15 is 0 Å². The number of benzene rings is 2. The lowest BCUT2D eigenvalue weighted by Crippen LogP contribution is -2.45. The Morgan fingerprint density at radius 2 is 1.97 bits per heavy atom. The standard InChI is InChI=1S/C23H25F3N2O3/c1-13(22(29)30)27-12-16-8-9-17-20(14-5-3-2-4-6-14)28-19-10-7-15(23(24,25)26)11-18(19)21(17)31-16/h2-7,10-11,13,16-17,20-21,27-28H,8-9,12H2,1H3,(H,29,30)/t13?,16-,17+,20+,21+/m1/s1. The van der Waals surface area contributed by atoms with Gasteiger partial charge in [0.15, 0.2) is 0 Å². The molecule has 0 aromatic heterocycles. The molecule has 8 heteroatoms. The average Bonchev–Trinajstić information content (AvgIpc) is 2.76. The summed E-state index contributed by atoms with van der Waals surface area (Å²) >= 11 is 0. The van der Waals surface area contributed by atoms with Crippen molar-refractivity contribution in [1.82, 2.24) is 5.32 Å². The number of halogens is 3. The van der Waals surface area contributed by atoms with E-state index in [9.17, 15) is 18.0 Å². The van der Waals surface area contributed by atoms with Crippen LogP contribution < -0.4 is 10.6 Å². The molecule has 2 aliphatic heterocycles. The van der Waals surface area contributed by atoms with Gasteiger partial charge in [0.1, 0.15) is 6.04 Å². The van der Waals surface area contributed by atoms with Crippen molar-refractivity contribution in [3.05, 3.63) is 65.2 Å². The van der Waals surface area contributed by atoms with E-state index in [1.165, 1.54) is 12.1 Å². The van der Waals surface area contributed by atoms with Crippen LogP contribution in [0.2, 0.25) is 0 Å². The first kappa shape index (κ1) is 21.6. The number of nitrogens with one attached hydrogen (secondary N) is 2. The van der Waals surface area contributed by atoms with Crippen LogP contribution in [0.25, 0.3) is 0 Å². The van der Waals surface area contributed by atoms with Gasteiger partial charge in [-0.2, -0.15) is 13.2 Å². The molecule has 31 heavy (non-hydrogen) atoms. The third-order valence-electron chi connectivity index (χ3n) is 6.16. The van der Waals surface area contributed by atoms with Crippen LogP contribution in [0.15, 0.2) is 48.5 Å². The van der Waals surface area contributed by atoms with Crippen molar-refractivity contribution in [2.45, 2.75) is 50.2 Å². The Balaban J connectivity index is 1.64. The van der Waals surface area contributed by atoms with Crippen LogP contribution in [0.4, 0.5) is 18.9 Å². The molecule has 0 aliphatic carbocycles. The van der Waals surface area contributed by atoms with Gasteiger partial charge in [0, 0.05) is 23.7 Å². The molecule has 0 amide bonds. The van der Waals surface area contributed by atoms with Crippen LogP contribution in [-0.2, 0) is 15.7 Å². The maximum Gasteiger partial charge on any atom is 0.416 e. The minimum atomic E-state index is -4.44. The minimum Gasteiger partial charge on any atom is -0.480 e. The molecule has 5 atom stereocenters. The molecule has 0 saturated carbocycles. The zero-order valence-electron chi connectivity index (χ0n) is 17.0. The second-order valence-corrected chi connectivity index (χ2v) is 8.22. The molecule has 2 aromatic carbocycles. The maximum atomic E-state index is 13.4. The molecule has 3 N–H and O–H groups in total. The molecule has 1 unspecified atom stereocenters. The Bertz CT molecular complexity index is 935. The lowest BCUT2D eigenvalue weighted by molar-refractivity contribution is -0.139. The van der Waals surface area contributed by atoms with Gasteiger partial charge in [-0.25, -0.2) is 0 Å². The Hall–Kier alpha value is -2.58. The summed E-state index contributed by atoms with van der Waals surface area (Å²) in [6.45, 7) is 1.88. The molecule has 2 heterocycles. The van der Waals surface area contributed by atoms with E-state index in [1.807, 2.05) is 30.3 Å². The summed E-state index contributed by atoms with van der Waals surface area (Å²) in [7, 11) is 0. The molecule has 0 spiro atoms. The van der Waals surface area contributed by atoms with E-state index < -0.39 is 29.9 Å². The van der Waals surface area contributed by atoms with Crippen molar-refractivity contribution in [1.29, 1.82) is 0 Å². The van der Waals surface area contributed by atoms with Gasteiger partial charge < -0.3 is 20.5 Å². The summed E-state index contributed by atoms with van der Waals surface area (Å²) in [5, 5.41) is 15.4. The van der Waals surface area contributed by atoms with Gasteiger partial charge in [-0.05, 0) is 43.5 Å². The van der Waals surface area contributed by atoms with Gasteiger partial charge >= 0.3 is 12.1 Å². The molecule has 1 fully saturated rings. The highest BCUT2D eigenvalue weighted by molar-refractivity contribution is 5.72. The fraction of sp³-hybridized carbons (Fsp3) is 0.435. The fourth-order valence-corrected chi connectivity index (χ4v) is 4.47. The first-order chi connectivity index (χ1) is 14.7. The van der Waals surface area contributed by atoms with Crippen LogP contribution in [0.3, 0.4) is 0 Å². The number of hydrogen-bond donors (Lipinski definition) is 3. The number of fused-ring (bicyclic) bond motifs is 3. The van der Waals surface area contributed by atoms with Crippen molar-refractivity contribution < 1.29 is 27.8 Å². The van der Waals surface area contributed by atoms with Crippen LogP contribution in [0.5, 0.6) is 0 Å².